The van der Waals surface area contributed by atoms with E-state index in [1.54, 1.807) is 12.4 Å². The van der Waals surface area contributed by atoms with Gasteiger partial charge in [-0.1, -0.05) is 0 Å². The second kappa shape index (κ2) is 7.30. The molecule has 0 saturated carbocycles. The molecule has 4 rings (SSSR count). The molecule has 8 nitrogen and oxygen atoms in total. The highest BCUT2D eigenvalue weighted by Gasteiger charge is 2.29. The highest BCUT2D eigenvalue weighted by molar-refractivity contribution is 5.94. The number of likely N-dealkylation sites (tertiary alicyclic amines) is 1. The van der Waals surface area contributed by atoms with Crippen molar-refractivity contribution < 1.29 is 4.79 Å². The Labute approximate surface area is 157 Å². The summed E-state index contributed by atoms with van der Waals surface area (Å²) in [6.07, 6.45) is 7.28. The number of aromatic nitrogens is 6. The number of amides is 1. The maximum absolute atomic E-state index is 12.8. The van der Waals surface area contributed by atoms with Gasteiger partial charge in [0.2, 0.25) is 0 Å². The van der Waals surface area contributed by atoms with Crippen LogP contribution in [0.15, 0.2) is 36.8 Å². The van der Waals surface area contributed by atoms with Gasteiger partial charge in [-0.3, -0.25) is 14.5 Å². The first-order valence-electron chi connectivity index (χ1n) is 9.19. The monoisotopic (exact) mass is 365 g/mol. The second-order valence-corrected chi connectivity index (χ2v) is 7.02. The van der Waals surface area contributed by atoms with E-state index in [1.165, 1.54) is 0 Å². The van der Waals surface area contributed by atoms with Crippen LogP contribution in [0.4, 0.5) is 0 Å². The van der Waals surface area contributed by atoms with Crippen molar-refractivity contribution in [2.24, 2.45) is 7.05 Å². The fourth-order valence-electron chi connectivity index (χ4n) is 3.56. The molecule has 140 valence electrons. The van der Waals surface area contributed by atoms with E-state index in [0.717, 1.165) is 36.7 Å². The van der Waals surface area contributed by atoms with Crippen molar-refractivity contribution in [1.29, 1.82) is 0 Å². The minimum absolute atomic E-state index is 0.0335. The molecule has 1 aliphatic heterocycles. The van der Waals surface area contributed by atoms with E-state index >= 15 is 0 Å². The van der Waals surface area contributed by atoms with Gasteiger partial charge in [0, 0.05) is 50.3 Å². The molecular weight excluding hydrogens is 342 g/mol. The fraction of sp³-hybridized carbons (Fsp3) is 0.421. The predicted molar refractivity (Wildman–Crippen MR) is 99.2 cm³/mol. The lowest BCUT2D eigenvalue weighted by molar-refractivity contribution is 0.0703. The van der Waals surface area contributed by atoms with Crippen LogP contribution in [-0.4, -0.2) is 53.4 Å². The van der Waals surface area contributed by atoms with Crippen LogP contribution in [0.3, 0.4) is 0 Å². The maximum Gasteiger partial charge on any atom is 0.255 e. The van der Waals surface area contributed by atoms with Crippen LogP contribution in [-0.2, 0) is 13.6 Å². The Balaban J connectivity index is 1.49. The third-order valence-electron chi connectivity index (χ3n) is 5.09. The highest BCUT2D eigenvalue weighted by atomic mass is 16.2. The zero-order chi connectivity index (χ0) is 18.8. The van der Waals surface area contributed by atoms with E-state index in [2.05, 4.69) is 20.3 Å². The summed E-state index contributed by atoms with van der Waals surface area (Å²) in [5.74, 6) is 2.01. The lowest BCUT2D eigenvalue weighted by atomic mass is 9.96. The van der Waals surface area contributed by atoms with Gasteiger partial charge in [0.1, 0.15) is 12.4 Å². The SMILES string of the molecule is Cc1ccc(C(=O)N2CCC[C@H](c3nnc(Cn4cccn4)n3C)C2)cn1. The number of rotatable bonds is 4. The zero-order valence-electron chi connectivity index (χ0n) is 15.6. The summed E-state index contributed by atoms with van der Waals surface area (Å²) < 4.78 is 3.86. The summed E-state index contributed by atoms with van der Waals surface area (Å²) in [6.45, 7) is 3.92. The van der Waals surface area contributed by atoms with Crippen LogP contribution >= 0.6 is 0 Å². The van der Waals surface area contributed by atoms with E-state index in [9.17, 15) is 4.79 Å². The summed E-state index contributed by atoms with van der Waals surface area (Å²) in [6, 6.07) is 5.61. The first kappa shape index (κ1) is 17.4. The number of carbonyl (C=O) groups excluding carboxylic acids is 1. The van der Waals surface area contributed by atoms with Crippen molar-refractivity contribution >= 4 is 5.91 Å². The molecule has 0 spiro atoms. The lowest BCUT2D eigenvalue weighted by Gasteiger charge is -2.32. The second-order valence-electron chi connectivity index (χ2n) is 7.02. The molecule has 1 aliphatic rings. The molecule has 0 aliphatic carbocycles. The molecule has 27 heavy (non-hydrogen) atoms. The summed E-state index contributed by atoms with van der Waals surface area (Å²) in [5.41, 5.74) is 1.55. The average molecular weight is 365 g/mol. The van der Waals surface area contributed by atoms with Gasteiger partial charge in [-0.2, -0.15) is 5.10 Å². The summed E-state index contributed by atoms with van der Waals surface area (Å²) in [4.78, 5) is 19.0. The molecule has 0 aromatic carbocycles. The van der Waals surface area contributed by atoms with E-state index in [0.29, 0.717) is 18.7 Å². The molecule has 0 radical (unpaired) electrons. The molecule has 8 heteroatoms. The van der Waals surface area contributed by atoms with E-state index < -0.39 is 0 Å². The van der Waals surface area contributed by atoms with Crippen molar-refractivity contribution in [2.75, 3.05) is 13.1 Å². The zero-order valence-corrected chi connectivity index (χ0v) is 15.6. The van der Waals surface area contributed by atoms with Gasteiger partial charge >= 0.3 is 0 Å². The number of aryl methyl sites for hydroxylation is 1. The van der Waals surface area contributed by atoms with E-state index in [-0.39, 0.29) is 11.8 Å². The van der Waals surface area contributed by atoms with Gasteiger partial charge in [0.15, 0.2) is 5.82 Å². The van der Waals surface area contributed by atoms with Crippen molar-refractivity contribution in [3.63, 3.8) is 0 Å². The first-order chi connectivity index (χ1) is 13.1. The van der Waals surface area contributed by atoms with Crippen LogP contribution in [0, 0.1) is 6.92 Å². The number of nitrogens with zero attached hydrogens (tertiary/aromatic N) is 7. The fourth-order valence-corrected chi connectivity index (χ4v) is 3.56. The Bertz CT molecular complexity index is 914. The number of carbonyl (C=O) groups is 1. The van der Waals surface area contributed by atoms with Crippen LogP contribution < -0.4 is 0 Å². The maximum atomic E-state index is 12.8. The predicted octanol–water partition coefficient (Wildman–Crippen LogP) is 1.78. The average Bonchev–Trinajstić information content (AvgIpc) is 3.33. The minimum atomic E-state index is 0.0335. The van der Waals surface area contributed by atoms with Gasteiger partial charge in [-0.05, 0) is 38.0 Å². The quantitative estimate of drug-likeness (QED) is 0.704. The van der Waals surface area contributed by atoms with E-state index in [4.69, 9.17) is 0 Å². The van der Waals surface area contributed by atoms with Crippen LogP contribution in [0.5, 0.6) is 0 Å². The standard InChI is InChI=1S/C19H23N7O/c1-14-6-7-15(11-20-14)19(27)25-9-3-5-16(12-25)18-23-22-17(24(18)2)13-26-10-4-8-21-26/h4,6-8,10-11,16H,3,5,9,12-13H2,1-2H3/t16-/m0/s1. The minimum Gasteiger partial charge on any atom is -0.338 e. The summed E-state index contributed by atoms with van der Waals surface area (Å²) >= 11 is 0. The Morgan fingerprint density at radius 2 is 2.19 bits per heavy atom. The lowest BCUT2D eigenvalue weighted by Crippen LogP contribution is -2.39. The molecule has 0 N–H and O–H groups in total. The Kier molecular flexibility index (Phi) is 4.70. The topological polar surface area (TPSA) is 81.7 Å². The molecule has 4 heterocycles. The molecule has 3 aromatic heterocycles. The van der Waals surface area contributed by atoms with E-state index in [1.807, 2.05) is 52.5 Å². The smallest absolute Gasteiger partial charge is 0.255 e. The largest absolute Gasteiger partial charge is 0.338 e. The van der Waals surface area contributed by atoms with Crippen molar-refractivity contribution in [2.45, 2.75) is 32.2 Å². The van der Waals surface area contributed by atoms with Gasteiger partial charge in [-0.15, -0.1) is 10.2 Å². The van der Waals surface area contributed by atoms with Gasteiger partial charge < -0.3 is 9.47 Å². The Hall–Kier alpha value is -3.03. The van der Waals surface area contributed by atoms with Gasteiger partial charge in [0.05, 0.1) is 5.56 Å². The molecule has 0 unspecified atom stereocenters. The normalized spacial score (nSPS) is 17.3. The molecule has 1 atom stereocenters. The van der Waals surface area contributed by atoms with Crippen molar-refractivity contribution in [3.8, 4) is 0 Å². The summed E-state index contributed by atoms with van der Waals surface area (Å²) in [5, 5.41) is 13.0. The highest BCUT2D eigenvalue weighted by Crippen LogP contribution is 2.26. The Morgan fingerprint density at radius 3 is 2.93 bits per heavy atom. The molecule has 1 amide bonds. The molecule has 1 fully saturated rings. The van der Waals surface area contributed by atoms with Crippen LogP contribution in [0.1, 0.15) is 46.5 Å². The van der Waals surface area contributed by atoms with Gasteiger partial charge in [0.25, 0.3) is 5.91 Å². The van der Waals surface area contributed by atoms with Crippen molar-refractivity contribution in [3.05, 3.63) is 59.7 Å². The Morgan fingerprint density at radius 1 is 1.30 bits per heavy atom. The third-order valence-corrected chi connectivity index (χ3v) is 5.09. The number of piperidine rings is 1. The number of hydrogen-bond acceptors (Lipinski definition) is 5. The number of hydrogen-bond donors (Lipinski definition) is 0. The summed E-state index contributed by atoms with van der Waals surface area (Å²) in [7, 11) is 1.98. The third kappa shape index (κ3) is 3.60. The number of pyridine rings is 1. The molecule has 1 saturated heterocycles. The molecule has 0 bridgehead atoms. The van der Waals surface area contributed by atoms with Crippen LogP contribution in [0.25, 0.3) is 0 Å². The molecular formula is C19H23N7O. The van der Waals surface area contributed by atoms with Crippen molar-refractivity contribution in [1.82, 2.24) is 34.4 Å². The first-order valence-corrected chi connectivity index (χ1v) is 9.19. The molecule has 3 aromatic rings. The van der Waals surface area contributed by atoms with Crippen LogP contribution in [0.2, 0.25) is 0 Å². The van der Waals surface area contributed by atoms with Gasteiger partial charge in [-0.25, -0.2) is 0 Å².